The molecular formula is C16H26N2O2. The monoisotopic (exact) mass is 278 g/mol. The summed E-state index contributed by atoms with van der Waals surface area (Å²) in [4.78, 5) is 13.9. The zero-order chi connectivity index (χ0) is 15.2. The van der Waals surface area contributed by atoms with E-state index in [0.717, 1.165) is 11.3 Å². The molecule has 0 aliphatic heterocycles. The van der Waals surface area contributed by atoms with Gasteiger partial charge in [-0.15, -0.1) is 0 Å². The van der Waals surface area contributed by atoms with Gasteiger partial charge in [-0.1, -0.05) is 26.0 Å². The first-order chi connectivity index (χ1) is 9.42. The first-order valence-corrected chi connectivity index (χ1v) is 7.17. The molecule has 0 fully saturated rings. The number of rotatable bonds is 7. The third-order valence-electron chi connectivity index (χ3n) is 3.72. The smallest absolute Gasteiger partial charge is 0.242 e. The van der Waals surface area contributed by atoms with Gasteiger partial charge in [-0.05, 0) is 37.5 Å². The summed E-state index contributed by atoms with van der Waals surface area (Å²) < 4.78 is 5.65. The minimum atomic E-state index is -0.752. The summed E-state index contributed by atoms with van der Waals surface area (Å²) in [6, 6.07) is 7.87. The van der Waals surface area contributed by atoms with Crippen LogP contribution in [-0.2, 0) is 4.79 Å². The molecule has 1 aromatic rings. The fraction of sp³-hybridized carbons (Fsp3) is 0.562. The zero-order valence-electron chi connectivity index (χ0n) is 13.0. The summed E-state index contributed by atoms with van der Waals surface area (Å²) in [5, 5.41) is 0. The number of nitrogens with zero attached hydrogens (tertiary/aromatic N) is 1. The maximum atomic E-state index is 12.3. The predicted octanol–water partition coefficient (Wildman–Crippen LogP) is 2.35. The van der Waals surface area contributed by atoms with Gasteiger partial charge >= 0.3 is 0 Å². The van der Waals surface area contributed by atoms with Crippen molar-refractivity contribution in [2.24, 2.45) is 5.73 Å². The SMILES string of the molecule is CCC(N)(CC)C(=O)N(C)CCOc1cccc(C)c1. The molecule has 0 saturated carbocycles. The molecule has 1 amide bonds. The Morgan fingerprint density at radius 3 is 2.55 bits per heavy atom. The maximum Gasteiger partial charge on any atom is 0.242 e. The lowest BCUT2D eigenvalue weighted by Crippen LogP contribution is -2.54. The number of benzene rings is 1. The van der Waals surface area contributed by atoms with Crippen molar-refractivity contribution in [1.29, 1.82) is 0 Å². The number of ether oxygens (including phenoxy) is 1. The van der Waals surface area contributed by atoms with Crippen LogP contribution in [0.4, 0.5) is 0 Å². The second kappa shape index (κ2) is 7.29. The van der Waals surface area contributed by atoms with Crippen LogP contribution >= 0.6 is 0 Å². The Bertz CT molecular complexity index is 442. The maximum absolute atomic E-state index is 12.3. The highest BCUT2D eigenvalue weighted by Crippen LogP contribution is 2.15. The number of hydrogen-bond donors (Lipinski definition) is 1. The van der Waals surface area contributed by atoms with E-state index in [0.29, 0.717) is 26.0 Å². The molecule has 4 nitrogen and oxygen atoms in total. The summed E-state index contributed by atoms with van der Waals surface area (Å²) in [6.07, 6.45) is 1.29. The van der Waals surface area contributed by atoms with Gasteiger partial charge in [-0.3, -0.25) is 4.79 Å². The Kier molecular flexibility index (Phi) is 6.02. The standard InChI is InChI=1S/C16H26N2O2/c1-5-16(17,6-2)15(19)18(4)10-11-20-14-9-7-8-13(3)12-14/h7-9,12H,5-6,10-11,17H2,1-4H3. The molecule has 0 aromatic heterocycles. The van der Waals surface area contributed by atoms with Crippen LogP contribution < -0.4 is 10.5 Å². The number of carbonyl (C=O) groups is 1. The van der Waals surface area contributed by atoms with Crippen LogP contribution in [0.25, 0.3) is 0 Å². The Morgan fingerprint density at radius 2 is 2.00 bits per heavy atom. The molecule has 0 aliphatic rings. The number of nitrogens with two attached hydrogens (primary N) is 1. The van der Waals surface area contributed by atoms with Crippen molar-refractivity contribution in [1.82, 2.24) is 4.90 Å². The first-order valence-electron chi connectivity index (χ1n) is 7.17. The summed E-state index contributed by atoms with van der Waals surface area (Å²) in [5.74, 6) is 0.811. The van der Waals surface area contributed by atoms with Gasteiger partial charge in [-0.2, -0.15) is 0 Å². The molecule has 0 aliphatic carbocycles. The lowest BCUT2D eigenvalue weighted by Gasteiger charge is -2.30. The highest BCUT2D eigenvalue weighted by atomic mass is 16.5. The van der Waals surface area contributed by atoms with Crippen molar-refractivity contribution < 1.29 is 9.53 Å². The molecule has 0 saturated heterocycles. The van der Waals surface area contributed by atoms with E-state index in [1.165, 1.54) is 0 Å². The minimum Gasteiger partial charge on any atom is -0.492 e. The Morgan fingerprint density at radius 1 is 1.35 bits per heavy atom. The molecule has 0 bridgehead atoms. The molecule has 0 radical (unpaired) electrons. The van der Waals surface area contributed by atoms with Gasteiger partial charge in [-0.25, -0.2) is 0 Å². The second-order valence-corrected chi connectivity index (χ2v) is 5.25. The number of amides is 1. The van der Waals surface area contributed by atoms with E-state index in [1.807, 2.05) is 45.0 Å². The Labute approximate surface area is 121 Å². The van der Waals surface area contributed by atoms with Crippen molar-refractivity contribution in [2.45, 2.75) is 39.2 Å². The lowest BCUT2D eigenvalue weighted by atomic mass is 9.92. The summed E-state index contributed by atoms with van der Waals surface area (Å²) >= 11 is 0. The highest BCUT2D eigenvalue weighted by molar-refractivity contribution is 5.85. The molecule has 1 aromatic carbocycles. The molecule has 20 heavy (non-hydrogen) atoms. The van der Waals surface area contributed by atoms with E-state index in [4.69, 9.17) is 10.5 Å². The lowest BCUT2D eigenvalue weighted by molar-refractivity contribution is -0.136. The van der Waals surface area contributed by atoms with E-state index < -0.39 is 5.54 Å². The molecule has 0 atom stereocenters. The van der Waals surface area contributed by atoms with Crippen LogP contribution in [0.15, 0.2) is 24.3 Å². The van der Waals surface area contributed by atoms with E-state index in [9.17, 15) is 4.79 Å². The number of hydrogen-bond acceptors (Lipinski definition) is 3. The van der Waals surface area contributed by atoms with Crippen molar-refractivity contribution in [3.05, 3.63) is 29.8 Å². The third-order valence-corrected chi connectivity index (χ3v) is 3.72. The van der Waals surface area contributed by atoms with E-state index in [-0.39, 0.29) is 5.91 Å². The minimum absolute atomic E-state index is 0.0182. The average molecular weight is 278 g/mol. The molecule has 112 valence electrons. The van der Waals surface area contributed by atoms with Crippen LogP contribution in [0.1, 0.15) is 32.3 Å². The van der Waals surface area contributed by atoms with Gasteiger partial charge in [0, 0.05) is 7.05 Å². The van der Waals surface area contributed by atoms with Crippen molar-refractivity contribution in [3.8, 4) is 5.75 Å². The zero-order valence-corrected chi connectivity index (χ0v) is 13.0. The molecule has 4 heteroatoms. The number of aryl methyl sites for hydroxylation is 1. The molecule has 0 spiro atoms. The van der Waals surface area contributed by atoms with Gasteiger partial charge in [0.2, 0.25) is 5.91 Å². The fourth-order valence-electron chi connectivity index (χ4n) is 2.04. The van der Waals surface area contributed by atoms with E-state index >= 15 is 0 Å². The summed E-state index contributed by atoms with van der Waals surface area (Å²) in [7, 11) is 1.77. The van der Waals surface area contributed by atoms with Crippen LogP contribution in [0.3, 0.4) is 0 Å². The average Bonchev–Trinajstić information content (AvgIpc) is 2.45. The van der Waals surface area contributed by atoms with Crippen molar-refractivity contribution in [2.75, 3.05) is 20.2 Å². The number of likely N-dealkylation sites (N-methyl/N-ethyl adjacent to an activating group) is 1. The predicted molar refractivity (Wildman–Crippen MR) is 81.8 cm³/mol. The largest absolute Gasteiger partial charge is 0.492 e. The summed E-state index contributed by atoms with van der Waals surface area (Å²) in [5.41, 5.74) is 6.52. The molecule has 1 rings (SSSR count). The van der Waals surface area contributed by atoms with Gasteiger partial charge in [0.05, 0.1) is 12.1 Å². The van der Waals surface area contributed by atoms with E-state index in [2.05, 4.69) is 0 Å². The number of carbonyl (C=O) groups excluding carboxylic acids is 1. The highest BCUT2D eigenvalue weighted by Gasteiger charge is 2.32. The van der Waals surface area contributed by atoms with Crippen LogP contribution in [0.5, 0.6) is 5.75 Å². The van der Waals surface area contributed by atoms with Gasteiger partial charge in [0.1, 0.15) is 12.4 Å². The quantitative estimate of drug-likeness (QED) is 0.833. The third kappa shape index (κ3) is 4.23. The Balaban J connectivity index is 2.47. The van der Waals surface area contributed by atoms with E-state index in [1.54, 1.807) is 11.9 Å². The molecule has 2 N–H and O–H groups in total. The molecular weight excluding hydrogens is 252 g/mol. The topological polar surface area (TPSA) is 55.6 Å². The van der Waals surface area contributed by atoms with Crippen LogP contribution in [0.2, 0.25) is 0 Å². The van der Waals surface area contributed by atoms with Crippen LogP contribution in [-0.4, -0.2) is 36.5 Å². The molecule has 0 unspecified atom stereocenters. The van der Waals surface area contributed by atoms with Gasteiger partial charge in [0.15, 0.2) is 0 Å². The fourth-order valence-corrected chi connectivity index (χ4v) is 2.04. The molecule has 0 heterocycles. The van der Waals surface area contributed by atoms with Crippen molar-refractivity contribution in [3.63, 3.8) is 0 Å². The van der Waals surface area contributed by atoms with Gasteiger partial charge < -0.3 is 15.4 Å². The van der Waals surface area contributed by atoms with Gasteiger partial charge in [0.25, 0.3) is 0 Å². The second-order valence-electron chi connectivity index (χ2n) is 5.25. The summed E-state index contributed by atoms with van der Waals surface area (Å²) in [6.45, 7) is 6.91. The normalized spacial score (nSPS) is 11.2. The Hall–Kier alpha value is -1.55. The first kappa shape index (κ1) is 16.5. The van der Waals surface area contributed by atoms with Crippen molar-refractivity contribution >= 4 is 5.91 Å². The van der Waals surface area contributed by atoms with Crippen LogP contribution in [0, 0.1) is 6.92 Å².